The third-order valence-electron chi connectivity index (χ3n) is 2.32. The van der Waals surface area contributed by atoms with Gasteiger partial charge in [0.1, 0.15) is 0 Å². The maximum Gasteiger partial charge on any atom is 0.317 e. The van der Waals surface area contributed by atoms with Crippen molar-refractivity contribution in [3.05, 3.63) is 33.8 Å². The van der Waals surface area contributed by atoms with Crippen LogP contribution in [0.3, 0.4) is 0 Å². The molecular weight excluding hydrogens is 235 g/mol. The van der Waals surface area contributed by atoms with E-state index >= 15 is 0 Å². The fourth-order valence-corrected chi connectivity index (χ4v) is 1.99. The van der Waals surface area contributed by atoms with Gasteiger partial charge in [0, 0.05) is 29.7 Å². The number of carbonyl (C=O) groups is 1. The van der Waals surface area contributed by atoms with Gasteiger partial charge in [-0.05, 0) is 17.7 Å². The minimum Gasteiger partial charge on any atom is -0.336 e. The molecule has 1 heterocycles. The number of hydrogen-bond acceptors (Lipinski definition) is 1. The maximum atomic E-state index is 11.3. The minimum atomic E-state index is -0.0407. The molecule has 1 aromatic carbocycles. The summed E-state index contributed by atoms with van der Waals surface area (Å²) in [5.41, 5.74) is 0.915. The summed E-state index contributed by atoms with van der Waals surface area (Å²) in [5.74, 6) is 0. The molecule has 0 aromatic heterocycles. The van der Waals surface area contributed by atoms with Gasteiger partial charge in [0.25, 0.3) is 0 Å². The number of nitrogens with zero attached hydrogens (tertiary/aromatic N) is 1. The molecular formula is C10H10Cl2N2O. The van der Waals surface area contributed by atoms with Crippen molar-refractivity contribution in [1.29, 1.82) is 0 Å². The molecule has 1 N–H and O–H groups in total. The molecule has 3 nitrogen and oxygen atoms in total. The Balaban J connectivity index is 2.13. The lowest BCUT2D eigenvalue weighted by Crippen LogP contribution is -2.27. The Morgan fingerprint density at radius 3 is 2.80 bits per heavy atom. The molecule has 0 spiro atoms. The lowest BCUT2D eigenvalue weighted by molar-refractivity contribution is 0.215. The zero-order valence-corrected chi connectivity index (χ0v) is 9.48. The van der Waals surface area contributed by atoms with Crippen LogP contribution in [0.25, 0.3) is 0 Å². The molecule has 15 heavy (non-hydrogen) atoms. The molecule has 2 rings (SSSR count). The Bertz CT molecular complexity index is 395. The van der Waals surface area contributed by atoms with E-state index in [1.165, 1.54) is 0 Å². The number of urea groups is 1. The van der Waals surface area contributed by atoms with Crippen molar-refractivity contribution in [2.24, 2.45) is 0 Å². The zero-order chi connectivity index (χ0) is 10.8. The van der Waals surface area contributed by atoms with Crippen molar-refractivity contribution in [3.63, 3.8) is 0 Å². The summed E-state index contributed by atoms with van der Waals surface area (Å²) in [4.78, 5) is 13.0. The standard InChI is InChI=1S/C10H10Cl2N2O/c11-8-2-1-7(9(12)5-8)6-14-4-3-13-10(14)15/h1-2,5H,3-4,6H2,(H,13,15). The van der Waals surface area contributed by atoms with E-state index in [4.69, 9.17) is 23.2 Å². The van der Waals surface area contributed by atoms with E-state index in [0.29, 0.717) is 23.1 Å². The molecule has 0 radical (unpaired) electrons. The molecule has 0 atom stereocenters. The third kappa shape index (κ3) is 2.36. The Hall–Kier alpha value is -0.930. The monoisotopic (exact) mass is 244 g/mol. The molecule has 5 heteroatoms. The lowest BCUT2D eigenvalue weighted by atomic mass is 10.2. The van der Waals surface area contributed by atoms with Crippen LogP contribution in [-0.4, -0.2) is 24.0 Å². The average molecular weight is 245 g/mol. The first-order chi connectivity index (χ1) is 7.16. The van der Waals surface area contributed by atoms with E-state index in [-0.39, 0.29) is 6.03 Å². The van der Waals surface area contributed by atoms with Crippen LogP contribution >= 0.6 is 23.2 Å². The molecule has 80 valence electrons. The van der Waals surface area contributed by atoms with E-state index < -0.39 is 0 Å². The summed E-state index contributed by atoms with van der Waals surface area (Å²) in [7, 11) is 0. The number of amides is 2. The summed E-state index contributed by atoms with van der Waals surface area (Å²) < 4.78 is 0. The second kappa shape index (κ2) is 4.29. The van der Waals surface area contributed by atoms with Gasteiger partial charge >= 0.3 is 6.03 Å². The van der Waals surface area contributed by atoms with Gasteiger partial charge in [-0.3, -0.25) is 0 Å². The molecule has 1 aromatic rings. The summed E-state index contributed by atoms with van der Waals surface area (Å²) in [6.45, 7) is 1.95. The smallest absolute Gasteiger partial charge is 0.317 e. The van der Waals surface area contributed by atoms with Crippen molar-refractivity contribution in [1.82, 2.24) is 10.2 Å². The molecule has 1 aliphatic rings. The number of nitrogens with one attached hydrogen (secondary N) is 1. The minimum absolute atomic E-state index is 0.0407. The number of benzene rings is 1. The molecule has 0 aliphatic carbocycles. The fraction of sp³-hybridized carbons (Fsp3) is 0.300. The van der Waals surface area contributed by atoms with Gasteiger partial charge < -0.3 is 10.2 Å². The molecule has 0 saturated carbocycles. The first-order valence-corrected chi connectivity index (χ1v) is 5.39. The number of halogens is 2. The molecule has 0 unspecified atom stereocenters. The van der Waals surface area contributed by atoms with Crippen molar-refractivity contribution in [3.8, 4) is 0 Å². The highest BCUT2D eigenvalue weighted by molar-refractivity contribution is 6.35. The van der Waals surface area contributed by atoms with E-state index in [1.54, 1.807) is 17.0 Å². The highest BCUT2D eigenvalue weighted by atomic mass is 35.5. The molecule has 2 amide bonds. The largest absolute Gasteiger partial charge is 0.336 e. The highest BCUT2D eigenvalue weighted by Crippen LogP contribution is 2.22. The summed E-state index contributed by atoms with van der Waals surface area (Å²) >= 11 is 11.8. The van der Waals surface area contributed by atoms with E-state index in [1.807, 2.05) is 6.07 Å². The van der Waals surface area contributed by atoms with Crippen LogP contribution < -0.4 is 5.32 Å². The second-order valence-corrected chi connectivity index (χ2v) is 4.23. The van der Waals surface area contributed by atoms with Crippen molar-refractivity contribution >= 4 is 29.2 Å². The topological polar surface area (TPSA) is 32.3 Å². The van der Waals surface area contributed by atoms with E-state index in [2.05, 4.69) is 5.32 Å². The van der Waals surface area contributed by atoms with Gasteiger partial charge in [-0.1, -0.05) is 29.3 Å². The van der Waals surface area contributed by atoms with Gasteiger partial charge in [0.2, 0.25) is 0 Å². The van der Waals surface area contributed by atoms with Crippen molar-refractivity contribution in [2.45, 2.75) is 6.54 Å². The first-order valence-electron chi connectivity index (χ1n) is 4.63. The summed E-state index contributed by atoms with van der Waals surface area (Å²) in [6, 6.07) is 5.26. The average Bonchev–Trinajstić information content (AvgIpc) is 2.57. The van der Waals surface area contributed by atoms with Gasteiger partial charge in [-0.15, -0.1) is 0 Å². The van der Waals surface area contributed by atoms with E-state index in [9.17, 15) is 4.79 Å². The predicted molar refractivity (Wildman–Crippen MR) is 60.3 cm³/mol. The fourth-order valence-electron chi connectivity index (χ4n) is 1.52. The van der Waals surface area contributed by atoms with Crippen LogP contribution in [0.1, 0.15) is 5.56 Å². The van der Waals surface area contributed by atoms with Crippen molar-refractivity contribution < 1.29 is 4.79 Å². The Labute approximate surface area is 98.0 Å². The highest BCUT2D eigenvalue weighted by Gasteiger charge is 2.20. The van der Waals surface area contributed by atoms with Crippen LogP contribution in [0.5, 0.6) is 0 Å². The SMILES string of the molecule is O=C1NCCN1Cc1ccc(Cl)cc1Cl. The summed E-state index contributed by atoms with van der Waals surface area (Å²) in [5, 5.41) is 3.94. The maximum absolute atomic E-state index is 11.3. The number of rotatable bonds is 2. The van der Waals surface area contributed by atoms with Crippen LogP contribution in [0.2, 0.25) is 10.0 Å². The van der Waals surface area contributed by atoms with E-state index in [0.717, 1.165) is 12.1 Å². The van der Waals surface area contributed by atoms with Crippen LogP contribution in [0, 0.1) is 0 Å². The van der Waals surface area contributed by atoms with Crippen LogP contribution in [0.15, 0.2) is 18.2 Å². The Morgan fingerprint density at radius 1 is 1.40 bits per heavy atom. The Kier molecular flexibility index (Phi) is 3.03. The lowest BCUT2D eigenvalue weighted by Gasteiger charge is -2.14. The molecule has 1 fully saturated rings. The predicted octanol–water partition coefficient (Wildman–Crippen LogP) is 2.52. The molecule has 0 bridgehead atoms. The Morgan fingerprint density at radius 2 is 2.20 bits per heavy atom. The third-order valence-corrected chi connectivity index (χ3v) is 2.91. The molecule has 1 saturated heterocycles. The first kappa shape index (κ1) is 10.6. The quantitative estimate of drug-likeness (QED) is 0.853. The zero-order valence-electron chi connectivity index (χ0n) is 7.96. The van der Waals surface area contributed by atoms with Crippen molar-refractivity contribution in [2.75, 3.05) is 13.1 Å². The normalized spacial score (nSPS) is 15.6. The number of hydrogen-bond donors (Lipinski definition) is 1. The second-order valence-electron chi connectivity index (χ2n) is 3.39. The summed E-state index contributed by atoms with van der Waals surface area (Å²) in [6.07, 6.45) is 0. The number of carbonyl (C=O) groups excluding carboxylic acids is 1. The van der Waals surface area contributed by atoms with Gasteiger partial charge in [-0.2, -0.15) is 0 Å². The van der Waals surface area contributed by atoms with Crippen LogP contribution in [-0.2, 0) is 6.54 Å². The molecule has 1 aliphatic heterocycles. The van der Waals surface area contributed by atoms with Gasteiger partial charge in [-0.25, -0.2) is 4.79 Å². The van der Waals surface area contributed by atoms with Gasteiger partial charge in [0.05, 0.1) is 0 Å². The van der Waals surface area contributed by atoms with Crippen LogP contribution in [0.4, 0.5) is 4.79 Å². The van der Waals surface area contributed by atoms with Gasteiger partial charge in [0.15, 0.2) is 0 Å².